The van der Waals surface area contributed by atoms with E-state index in [2.05, 4.69) is 36.7 Å². The largest absolute Gasteiger partial charge is 0.497 e. The van der Waals surface area contributed by atoms with Gasteiger partial charge in [0.15, 0.2) is 11.0 Å². The van der Waals surface area contributed by atoms with Crippen LogP contribution in [-0.4, -0.2) is 46.9 Å². The molecule has 0 aliphatic carbocycles. The molecule has 3 aromatic carbocycles. The maximum atomic E-state index is 12.5. The van der Waals surface area contributed by atoms with Crippen molar-refractivity contribution >= 4 is 45.9 Å². The van der Waals surface area contributed by atoms with E-state index in [0.29, 0.717) is 11.0 Å². The molecule has 0 bridgehead atoms. The molecule has 188 valence electrons. The van der Waals surface area contributed by atoms with Gasteiger partial charge in [0.25, 0.3) is 5.91 Å². The summed E-state index contributed by atoms with van der Waals surface area (Å²) in [6.07, 6.45) is 3.44. The molecule has 4 aromatic rings. The number of nitrogens with one attached hydrogen (secondary N) is 1. The van der Waals surface area contributed by atoms with Crippen molar-refractivity contribution in [2.24, 2.45) is 5.10 Å². The van der Waals surface area contributed by atoms with Crippen molar-refractivity contribution in [2.45, 2.75) is 5.16 Å². The van der Waals surface area contributed by atoms with E-state index in [1.165, 1.54) is 18.0 Å². The molecule has 0 spiro atoms. The molecular weight excluding hydrogens is 554 g/mol. The zero-order chi connectivity index (χ0) is 26.0. The van der Waals surface area contributed by atoms with Gasteiger partial charge >= 0.3 is 0 Å². The van der Waals surface area contributed by atoms with E-state index in [0.717, 1.165) is 32.8 Å². The lowest BCUT2D eigenvalue weighted by atomic mass is 10.2. The van der Waals surface area contributed by atoms with Crippen LogP contribution in [0.15, 0.2) is 93.6 Å². The Bertz CT molecular complexity index is 1390. The SMILES string of the molecule is COc1ccc(-c2nnc(SCC(=O)NN=CC(Br)=Cc3ccccc3)n2-c2ccc(OC)cc2)cc1. The summed E-state index contributed by atoms with van der Waals surface area (Å²) >= 11 is 4.70. The number of methoxy groups -OCH3 is 2. The second kappa shape index (κ2) is 12.9. The fraction of sp³-hybridized carbons (Fsp3) is 0.111. The highest BCUT2D eigenvalue weighted by Crippen LogP contribution is 2.29. The number of carbonyl (C=O) groups excluding carboxylic acids is 1. The predicted octanol–water partition coefficient (Wildman–Crippen LogP) is 5.58. The number of allylic oxidation sites excluding steroid dienone is 1. The zero-order valence-electron chi connectivity index (χ0n) is 20.2. The minimum absolute atomic E-state index is 0.105. The van der Waals surface area contributed by atoms with E-state index < -0.39 is 0 Å². The Hall–Kier alpha value is -3.89. The molecule has 1 amide bonds. The van der Waals surface area contributed by atoms with Gasteiger partial charge in [-0.05, 0) is 76.1 Å². The van der Waals surface area contributed by atoms with Crippen LogP contribution >= 0.6 is 27.7 Å². The van der Waals surface area contributed by atoms with Crippen molar-refractivity contribution in [1.29, 1.82) is 0 Å². The molecule has 1 heterocycles. The van der Waals surface area contributed by atoms with E-state index >= 15 is 0 Å². The minimum Gasteiger partial charge on any atom is -0.497 e. The number of halogens is 1. The quantitative estimate of drug-likeness (QED) is 0.150. The summed E-state index contributed by atoms with van der Waals surface area (Å²) in [6.45, 7) is 0. The van der Waals surface area contributed by atoms with Crippen LogP contribution in [0.4, 0.5) is 0 Å². The minimum atomic E-state index is -0.267. The average molecular weight is 578 g/mol. The Balaban J connectivity index is 1.48. The summed E-state index contributed by atoms with van der Waals surface area (Å²) in [4.78, 5) is 12.5. The second-order valence-electron chi connectivity index (χ2n) is 7.59. The zero-order valence-corrected chi connectivity index (χ0v) is 22.6. The molecule has 8 nitrogen and oxygen atoms in total. The van der Waals surface area contributed by atoms with Gasteiger partial charge in [-0.2, -0.15) is 5.10 Å². The summed E-state index contributed by atoms with van der Waals surface area (Å²) < 4.78 is 13.2. The van der Waals surface area contributed by atoms with Crippen LogP contribution in [0.5, 0.6) is 11.5 Å². The lowest BCUT2D eigenvalue weighted by Gasteiger charge is -2.11. The highest BCUT2D eigenvalue weighted by atomic mass is 79.9. The standard InChI is InChI=1S/C27H24BrN5O3S/c1-35-23-12-8-20(9-13-23)26-31-32-27(33(26)22-10-14-24(36-2)15-11-22)37-18-25(34)30-29-17-21(28)16-19-6-4-3-5-7-19/h3-17H,18H2,1-2H3,(H,30,34). The number of carbonyl (C=O) groups is 1. The van der Waals surface area contributed by atoms with Gasteiger partial charge in [0.05, 0.1) is 26.2 Å². The first-order valence-corrected chi connectivity index (χ1v) is 13.0. The number of rotatable bonds is 10. The summed E-state index contributed by atoms with van der Waals surface area (Å²) in [5.41, 5.74) is 5.27. The van der Waals surface area contributed by atoms with Gasteiger partial charge in [0, 0.05) is 15.7 Å². The number of amides is 1. The topological polar surface area (TPSA) is 90.6 Å². The summed E-state index contributed by atoms with van der Waals surface area (Å²) in [5, 5.41) is 13.4. The number of hydrazone groups is 1. The molecule has 1 N–H and O–H groups in total. The van der Waals surface area contributed by atoms with Gasteiger partial charge in [-0.1, -0.05) is 42.1 Å². The number of aromatic nitrogens is 3. The number of benzene rings is 3. The van der Waals surface area contributed by atoms with Crippen molar-refractivity contribution in [2.75, 3.05) is 20.0 Å². The van der Waals surface area contributed by atoms with E-state index in [4.69, 9.17) is 9.47 Å². The van der Waals surface area contributed by atoms with E-state index in [9.17, 15) is 4.79 Å². The first-order chi connectivity index (χ1) is 18.1. The lowest BCUT2D eigenvalue weighted by Crippen LogP contribution is -2.19. The lowest BCUT2D eigenvalue weighted by molar-refractivity contribution is -0.118. The number of ether oxygens (including phenoxy) is 2. The van der Waals surface area contributed by atoms with E-state index in [-0.39, 0.29) is 11.7 Å². The van der Waals surface area contributed by atoms with Crippen LogP contribution < -0.4 is 14.9 Å². The van der Waals surface area contributed by atoms with Gasteiger partial charge in [0.1, 0.15) is 11.5 Å². The van der Waals surface area contributed by atoms with Gasteiger partial charge in [-0.3, -0.25) is 9.36 Å². The normalized spacial score (nSPS) is 11.5. The first-order valence-electron chi connectivity index (χ1n) is 11.2. The fourth-order valence-electron chi connectivity index (χ4n) is 3.33. The molecule has 0 saturated heterocycles. The third-order valence-electron chi connectivity index (χ3n) is 5.13. The highest BCUT2D eigenvalue weighted by molar-refractivity contribution is 9.12. The maximum absolute atomic E-state index is 12.5. The first kappa shape index (κ1) is 26.2. The van der Waals surface area contributed by atoms with E-state index in [1.807, 2.05) is 89.5 Å². The van der Waals surface area contributed by atoms with Gasteiger partial charge in [-0.15, -0.1) is 10.2 Å². The molecule has 0 saturated carbocycles. The smallest absolute Gasteiger partial charge is 0.250 e. The summed E-state index contributed by atoms with van der Waals surface area (Å²) in [6, 6.07) is 24.9. The number of nitrogens with zero attached hydrogens (tertiary/aromatic N) is 4. The van der Waals surface area contributed by atoms with Crippen LogP contribution in [0.1, 0.15) is 5.56 Å². The molecule has 0 atom stereocenters. The van der Waals surface area contributed by atoms with Crippen molar-refractivity contribution in [1.82, 2.24) is 20.2 Å². The van der Waals surface area contributed by atoms with Crippen LogP contribution in [0.25, 0.3) is 23.2 Å². The molecule has 1 aromatic heterocycles. The highest BCUT2D eigenvalue weighted by Gasteiger charge is 2.17. The third-order valence-corrected chi connectivity index (χ3v) is 6.49. The van der Waals surface area contributed by atoms with Crippen LogP contribution in [0.3, 0.4) is 0 Å². The Kier molecular flexibility index (Phi) is 9.12. The molecule has 0 fully saturated rings. The Labute approximate surface area is 227 Å². The maximum Gasteiger partial charge on any atom is 0.250 e. The van der Waals surface area contributed by atoms with Crippen molar-refractivity contribution in [3.63, 3.8) is 0 Å². The van der Waals surface area contributed by atoms with Gasteiger partial charge in [-0.25, -0.2) is 5.43 Å². The van der Waals surface area contributed by atoms with Crippen LogP contribution in [0, 0.1) is 0 Å². The van der Waals surface area contributed by atoms with Crippen LogP contribution in [0.2, 0.25) is 0 Å². The molecule has 0 radical (unpaired) electrons. The molecule has 4 rings (SSSR count). The number of hydrogen-bond donors (Lipinski definition) is 1. The predicted molar refractivity (Wildman–Crippen MR) is 151 cm³/mol. The molecule has 0 unspecified atom stereocenters. The molecule has 10 heteroatoms. The van der Waals surface area contributed by atoms with E-state index in [1.54, 1.807) is 14.2 Å². The number of hydrogen-bond acceptors (Lipinski definition) is 7. The number of thioether (sulfide) groups is 1. The van der Waals surface area contributed by atoms with Crippen molar-refractivity contribution in [3.8, 4) is 28.6 Å². The second-order valence-corrected chi connectivity index (χ2v) is 9.45. The molecular formula is C27H24BrN5O3S. The van der Waals surface area contributed by atoms with Gasteiger partial charge < -0.3 is 9.47 Å². The molecule has 0 aliphatic heterocycles. The van der Waals surface area contributed by atoms with Crippen molar-refractivity contribution < 1.29 is 14.3 Å². The Morgan fingerprint density at radius 2 is 1.62 bits per heavy atom. The monoisotopic (exact) mass is 577 g/mol. The summed E-state index contributed by atoms with van der Waals surface area (Å²) in [7, 11) is 3.24. The molecule has 0 aliphatic rings. The fourth-order valence-corrected chi connectivity index (χ4v) is 4.44. The molecule has 37 heavy (non-hydrogen) atoms. The average Bonchev–Trinajstić information content (AvgIpc) is 3.36. The third kappa shape index (κ3) is 7.08. The van der Waals surface area contributed by atoms with Crippen molar-refractivity contribution in [3.05, 3.63) is 88.9 Å². The Morgan fingerprint density at radius 1 is 0.973 bits per heavy atom. The van der Waals surface area contributed by atoms with Crippen LogP contribution in [-0.2, 0) is 4.79 Å². The Morgan fingerprint density at radius 3 is 2.27 bits per heavy atom. The van der Waals surface area contributed by atoms with Gasteiger partial charge in [0.2, 0.25) is 0 Å². The summed E-state index contributed by atoms with van der Waals surface area (Å²) in [5.74, 6) is 1.96.